The molecule has 0 bridgehead atoms. The molecule has 1 aliphatic carbocycles. The van der Waals surface area contributed by atoms with Crippen molar-refractivity contribution in [2.75, 3.05) is 11.5 Å². The number of unbranched alkanes of at least 4 members (excludes halogenated alkanes) is 16. The smallest absolute Gasteiger partial charge is 0.0316 e. The molecule has 0 heterocycles. The zero-order valence-electron chi connectivity index (χ0n) is 39.9. The van der Waals surface area contributed by atoms with Gasteiger partial charge in [-0.1, -0.05) is 210 Å². The SMILES string of the molecule is CCCCCCCCCCC(c1ccc(C2(c3ccc(C(CCCCCCCCCC)c4ccc(N)cc4C)cc3)CCC(CCCCC)CC2)cc1)c1ccc(N)cc1C. The lowest BCUT2D eigenvalue weighted by molar-refractivity contribution is 0.250. The second kappa shape index (κ2) is 26.2. The van der Waals surface area contributed by atoms with Crippen molar-refractivity contribution in [3.05, 3.63) is 129 Å². The first-order valence-electron chi connectivity index (χ1n) is 25.7. The second-order valence-corrected chi connectivity index (χ2v) is 19.6. The molecule has 1 fully saturated rings. The maximum Gasteiger partial charge on any atom is 0.0316 e. The van der Waals surface area contributed by atoms with Gasteiger partial charge in [0.15, 0.2) is 0 Å². The normalized spacial score (nSPS) is 17.7. The van der Waals surface area contributed by atoms with Crippen molar-refractivity contribution in [1.29, 1.82) is 0 Å². The van der Waals surface area contributed by atoms with Gasteiger partial charge >= 0.3 is 0 Å². The summed E-state index contributed by atoms with van der Waals surface area (Å²) >= 11 is 0. The zero-order valence-corrected chi connectivity index (χ0v) is 39.9. The number of anilines is 2. The molecule has 0 spiro atoms. The number of hydrogen-bond acceptors (Lipinski definition) is 2. The minimum atomic E-state index is 0.0487. The topological polar surface area (TPSA) is 52.0 Å². The Labute approximate surface area is 375 Å². The zero-order chi connectivity index (χ0) is 43.3. The molecule has 1 saturated carbocycles. The quantitative estimate of drug-likeness (QED) is 0.0443. The highest BCUT2D eigenvalue weighted by Crippen LogP contribution is 2.49. The summed E-state index contributed by atoms with van der Waals surface area (Å²) < 4.78 is 0. The van der Waals surface area contributed by atoms with Crippen LogP contribution in [0.15, 0.2) is 84.9 Å². The van der Waals surface area contributed by atoms with E-state index in [-0.39, 0.29) is 5.41 Å². The van der Waals surface area contributed by atoms with E-state index >= 15 is 0 Å². The van der Waals surface area contributed by atoms with Gasteiger partial charge in [0.05, 0.1) is 0 Å². The third-order valence-corrected chi connectivity index (χ3v) is 14.9. The molecule has 4 aromatic rings. The Bertz CT molecular complexity index is 1670. The van der Waals surface area contributed by atoms with Crippen LogP contribution in [0.3, 0.4) is 0 Å². The van der Waals surface area contributed by atoms with Crippen LogP contribution < -0.4 is 11.5 Å². The van der Waals surface area contributed by atoms with Gasteiger partial charge in [-0.25, -0.2) is 0 Å². The van der Waals surface area contributed by atoms with E-state index in [0.29, 0.717) is 11.8 Å². The predicted octanol–water partition coefficient (Wildman–Crippen LogP) is 17.8. The number of benzene rings is 4. The second-order valence-electron chi connectivity index (χ2n) is 19.6. The van der Waals surface area contributed by atoms with E-state index in [2.05, 4.69) is 120 Å². The minimum absolute atomic E-state index is 0.0487. The van der Waals surface area contributed by atoms with Crippen LogP contribution in [0, 0.1) is 19.8 Å². The number of nitrogen functional groups attached to an aromatic ring is 2. The number of hydrogen-bond donors (Lipinski definition) is 2. The van der Waals surface area contributed by atoms with Crippen molar-refractivity contribution in [2.24, 2.45) is 5.92 Å². The van der Waals surface area contributed by atoms with Crippen molar-refractivity contribution in [1.82, 2.24) is 0 Å². The highest BCUT2D eigenvalue weighted by atomic mass is 14.5. The summed E-state index contributed by atoms with van der Waals surface area (Å²) in [4.78, 5) is 0. The first-order valence-corrected chi connectivity index (χ1v) is 25.7. The van der Waals surface area contributed by atoms with Gasteiger partial charge in [-0.15, -0.1) is 0 Å². The van der Waals surface area contributed by atoms with Crippen molar-refractivity contribution < 1.29 is 0 Å². The summed E-state index contributed by atoms with van der Waals surface area (Å²) in [5.41, 5.74) is 25.8. The van der Waals surface area contributed by atoms with E-state index in [0.717, 1.165) is 17.3 Å². The first-order chi connectivity index (χ1) is 29.8. The lowest BCUT2D eigenvalue weighted by Crippen LogP contribution is -2.33. The monoisotopic (exact) mass is 825 g/mol. The van der Waals surface area contributed by atoms with Crippen LogP contribution in [-0.2, 0) is 5.41 Å². The van der Waals surface area contributed by atoms with Crippen LogP contribution >= 0.6 is 0 Å². The van der Waals surface area contributed by atoms with Crippen LogP contribution in [0.2, 0.25) is 0 Å². The van der Waals surface area contributed by atoms with E-state index in [9.17, 15) is 0 Å². The highest BCUT2D eigenvalue weighted by molar-refractivity contribution is 5.51. The molecule has 0 amide bonds. The van der Waals surface area contributed by atoms with Gasteiger partial charge in [-0.2, -0.15) is 0 Å². The van der Waals surface area contributed by atoms with Crippen molar-refractivity contribution in [3.63, 3.8) is 0 Å². The summed E-state index contributed by atoms with van der Waals surface area (Å²) in [5, 5.41) is 0. The molecule has 2 unspecified atom stereocenters. The Hall–Kier alpha value is -3.52. The number of rotatable bonds is 28. The highest BCUT2D eigenvalue weighted by Gasteiger charge is 2.38. The van der Waals surface area contributed by atoms with Crippen molar-refractivity contribution in [3.8, 4) is 0 Å². The van der Waals surface area contributed by atoms with Crippen LogP contribution in [0.25, 0.3) is 0 Å². The molecular weight excluding hydrogens is 737 g/mol. The summed E-state index contributed by atoms with van der Waals surface area (Å²) in [6.07, 6.45) is 34.6. The van der Waals surface area contributed by atoms with E-state index in [1.807, 2.05) is 0 Å². The lowest BCUT2D eigenvalue weighted by atomic mass is 9.62. The molecule has 2 atom stereocenters. The predicted molar refractivity (Wildman–Crippen MR) is 269 cm³/mol. The van der Waals surface area contributed by atoms with Crippen LogP contribution in [-0.4, -0.2) is 0 Å². The third-order valence-electron chi connectivity index (χ3n) is 14.9. The van der Waals surface area contributed by atoms with Crippen LogP contribution in [0.1, 0.15) is 244 Å². The molecule has 334 valence electrons. The molecule has 0 radical (unpaired) electrons. The van der Waals surface area contributed by atoms with Gasteiger partial charge in [0.2, 0.25) is 0 Å². The Balaban J connectivity index is 1.40. The molecule has 0 aromatic heterocycles. The maximum absolute atomic E-state index is 6.28. The minimum Gasteiger partial charge on any atom is -0.399 e. The lowest BCUT2D eigenvalue weighted by Gasteiger charge is -2.42. The van der Waals surface area contributed by atoms with E-state index in [1.165, 1.54) is 211 Å². The fraction of sp³-hybridized carbons (Fsp3) is 0.593. The Morgan fingerprint density at radius 2 is 0.820 bits per heavy atom. The van der Waals surface area contributed by atoms with Gasteiger partial charge < -0.3 is 11.5 Å². The first kappa shape index (κ1) is 48.5. The molecule has 4 N–H and O–H groups in total. The van der Waals surface area contributed by atoms with Gasteiger partial charge in [0, 0.05) is 28.6 Å². The fourth-order valence-electron chi connectivity index (χ4n) is 11.1. The van der Waals surface area contributed by atoms with E-state index in [1.54, 1.807) is 0 Å². The van der Waals surface area contributed by atoms with Crippen LogP contribution in [0.5, 0.6) is 0 Å². The maximum atomic E-state index is 6.28. The average molecular weight is 825 g/mol. The van der Waals surface area contributed by atoms with E-state index in [4.69, 9.17) is 11.5 Å². The fourth-order valence-corrected chi connectivity index (χ4v) is 11.1. The standard InChI is InChI=1S/C59H88N2/c1-6-9-12-14-16-18-20-23-26-57(55-38-36-53(60)44-46(55)4)49-28-32-51(33-29-49)59(42-40-48(41-43-59)25-22-11-8-3)52-34-30-50(31-35-52)58(56-39-37-54(61)45-47(56)5)27-24-21-19-17-15-13-10-7-2/h28-39,44-45,48,57-58H,6-27,40-43,60-61H2,1-5H3. The Morgan fingerprint density at radius 3 is 1.20 bits per heavy atom. The summed E-state index contributed by atoms with van der Waals surface area (Å²) in [7, 11) is 0. The Kier molecular flexibility index (Phi) is 20.8. The number of nitrogens with two attached hydrogens (primary N) is 2. The summed E-state index contributed by atoms with van der Waals surface area (Å²) in [5.74, 6) is 1.65. The van der Waals surface area contributed by atoms with Gasteiger partial charge in [0.25, 0.3) is 0 Å². The molecule has 1 aliphatic rings. The molecule has 4 aromatic carbocycles. The molecule has 2 heteroatoms. The number of aryl methyl sites for hydroxylation is 2. The van der Waals surface area contributed by atoms with Gasteiger partial charge in [-0.3, -0.25) is 0 Å². The molecule has 0 saturated heterocycles. The van der Waals surface area contributed by atoms with E-state index < -0.39 is 0 Å². The average Bonchev–Trinajstić information content (AvgIpc) is 3.27. The molecule has 2 nitrogen and oxygen atoms in total. The van der Waals surface area contributed by atoms with Gasteiger partial charge in [-0.05, 0) is 127 Å². The summed E-state index contributed by atoms with van der Waals surface area (Å²) in [6, 6.07) is 33.4. The van der Waals surface area contributed by atoms with Crippen LogP contribution in [0.4, 0.5) is 11.4 Å². The molecule has 5 rings (SSSR count). The largest absolute Gasteiger partial charge is 0.399 e. The van der Waals surface area contributed by atoms with Crippen molar-refractivity contribution in [2.45, 2.75) is 219 Å². The molecular formula is C59H88N2. The molecule has 61 heavy (non-hydrogen) atoms. The third kappa shape index (κ3) is 14.5. The molecule has 0 aliphatic heterocycles. The van der Waals surface area contributed by atoms with Crippen molar-refractivity contribution >= 4 is 11.4 Å². The summed E-state index contributed by atoms with van der Waals surface area (Å²) in [6.45, 7) is 11.5. The van der Waals surface area contributed by atoms with Gasteiger partial charge in [0.1, 0.15) is 0 Å². The Morgan fingerprint density at radius 1 is 0.459 bits per heavy atom.